The quantitative estimate of drug-likeness (QED) is 0.723. The number of nitrogens with zero attached hydrogens (tertiary/aromatic N) is 1. The molecule has 1 aliphatic heterocycles. The van der Waals surface area contributed by atoms with E-state index in [9.17, 15) is 9.59 Å². The highest BCUT2D eigenvalue weighted by molar-refractivity contribution is 5.96. The van der Waals surface area contributed by atoms with Gasteiger partial charge in [0.15, 0.2) is 6.61 Å². The zero-order chi connectivity index (χ0) is 18.8. The number of para-hydroxylation sites is 1. The van der Waals surface area contributed by atoms with Crippen molar-refractivity contribution in [2.24, 2.45) is 0 Å². The van der Waals surface area contributed by atoms with Crippen molar-refractivity contribution in [2.75, 3.05) is 20.3 Å². The third-order valence-corrected chi connectivity index (χ3v) is 4.85. The molecule has 1 amide bonds. The number of H-pyrrole nitrogens is 1. The van der Waals surface area contributed by atoms with Gasteiger partial charge >= 0.3 is 5.97 Å². The maximum Gasteiger partial charge on any atom is 0.337 e. The first-order chi connectivity index (χ1) is 13.2. The van der Waals surface area contributed by atoms with E-state index in [1.165, 1.54) is 7.11 Å². The number of aromatic amines is 1. The third-order valence-electron chi connectivity index (χ3n) is 4.85. The van der Waals surface area contributed by atoms with Crippen LogP contribution in [0.15, 0.2) is 48.5 Å². The third kappa shape index (κ3) is 3.38. The normalized spacial score (nSPS) is 13.3. The molecule has 4 rings (SSSR count). The van der Waals surface area contributed by atoms with Gasteiger partial charge in [0.05, 0.1) is 12.7 Å². The first kappa shape index (κ1) is 17.1. The zero-order valence-electron chi connectivity index (χ0n) is 15.0. The van der Waals surface area contributed by atoms with Gasteiger partial charge < -0.3 is 19.4 Å². The molecule has 0 saturated heterocycles. The SMILES string of the molecule is COC(=O)c1ccc2[nH]c3c(c2c1)CN(C(=O)COc1ccccc1)CC3. The summed E-state index contributed by atoms with van der Waals surface area (Å²) in [6, 6.07) is 14.8. The number of nitrogens with one attached hydrogen (secondary N) is 1. The van der Waals surface area contributed by atoms with Crippen molar-refractivity contribution in [3.05, 3.63) is 65.4 Å². The Labute approximate surface area is 156 Å². The number of hydrogen-bond donors (Lipinski definition) is 1. The van der Waals surface area contributed by atoms with E-state index >= 15 is 0 Å². The van der Waals surface area contributed by atoms with Gasteiger partial charge in [-0.25, -0.2) is 4.79 Å². The van der Waals surface area contributed by atoms with Crippen LogP contribution in [0, 0.1) is 0 Å². The molecule has 3 aromatic rings. The number of carbonyl (C=O) groups excluding carboxylic acids is 2. The average Bonchev–Trinajstić information content (AvgIpc) is 3.09. The largest absolute Gasteiger partial charge is 0.484 e. The molecule has 1 aromatic heterocycles. The topological polar surface area (TPSA) is 71.6 Å². The Bertz CT molecular complexity index is 994. The molecule has 6 heteroatoms. The van der Waals surface area contributed by atoms with Gasteiger partial charge in [-0.1, -0.05) is 18.2 Å². The molecular formula is C21H20N2O4. The summed E-state index contributed by atoms with van der Waals surface area (Å²) in [5.74, 6) is 0.258. The van der Waals surface area contributed by atoms with Crippen molar-refractivity contribution in [1.29, 1.82) is 0 Å². The molecule has 0 saturated carbocycles. The van der Waals surface area contributed by atoms with E-state index in [4.69, 9.17) is 9.47 Å². The number of methoxy groups -OCH3 is 1. The summed E-state index contributed by atoms with van der Waals surface area (Å²) in [4.78, 5) is 29.6. The predicted molar refractivity (Wildman–Crippen MR) is 101 cm³/mol. The molecule has 27 heavy (non-hydrogen) atoms. The number of rotatable bonds is 4. The number of carbonyl (C=O) groups is 2. The highest BCUT2D eigenvalue weighted by atomic mass is 16.5. The Morgan fingerprint density at radius 1 is 1.15 bits per heavy atom. The van der Waals surface area contributed by atoms with Gasteiger partial charge in [0.25, 0.3) is 5.91 Å². The van der Waals surface area contributed by atoms with Gasteiger partial charge in [0, 0.05) is 41.7 Å². The van der Waals surface area contributed by atoms with Gasteiger partial charge in [0.2, 0.25) is 0 Å². The van der Waals surface area contributed by atoms with Crippen LogP contribution in [0.2, 0.25) is 0 Å². The Morgan fingerprint density at radius 3 is 2.74 bits per heavy atom. The molecule has 0 aliphatic carbocycles. The lowest BCUT2D eigenvalue weighted by molar-refractivity contribution is -0.134. The zero-order valence-corrected chi connectivity index (χ0v) is 15.0. The molecule has 2 aromatic carbocycles. The number of amides is 1. The Balaban J connectivity index is 1.52. The summed E-state index contributed by atoms with van der Waals surface area (Å²) in [6.45, 7) is 1.15. The maximum absolute atomic E-state index is 12.6. The van der Waals surface area contributed by atoms with Crippen LogP contribution < -0.4 is 4.74 Å². The molecule has 0 radical (unpaired) electrons. The minimum absolute atomic E-state index is 0.00904. The van der Waals surface area contributed by atoms with Crippen LogP contribution in [-0.4, -0.2) is 42.0 Å². The van der Waals surface area contributed by atoms with Gasteiger partial charge in [-0.2, -0.15) is 0 Å². The fourth-order valence-electron chi connectivity index (χ4n) is 3.42. The van der Waals surface area contributed by atoms with E-state index in [2.05, 4.69) is 4.98 Å². The van der Waals surface area contributed by atoms with Crippen molar-refractivity contribution < 1.29 is 19.1 Å². The van der Waals surface area contributed by atoms with E-state index in [0.29, 0.717) is 24.4 Å². The highest BCUT2D eigenvalue weighted by Gasteiger charge is 2.24. The Kier molecular flexibility index (Phi) is 4.54. The summed E-state index contributed by atoms with van der Waals surface area (Å²) >= 11 is 0. The van der Waals surface area contributed by atoms with Gasteiger partial charge in [-0.3, -0.25) is 4.79 Å². The molecule has 0 spiro atoms. The molecule has 0 bridgehead atoms. The molecule has 2 heterocycles. The standard InChI is InChI=1S/C21H20N2O4/c1-26-21(25)14-7-8-18-16(11-14)17-12-23(10-9-19(17)22-18)20(24)13-27-15-5-3-2-4-6-15/h2-8,11,22H,9-10,12-13H2,1H3. The molecule has 0 fully saturated rings. The number of ether oxygens (including phenoxy) is 2. The van der Waals surface area contributed by atoms with Crippen LogP contribution in [0.3, 0.4) is 0 Å². The minimum atomic E-state index is -0.369. The van der Waals surface area contributed by atoms with Crippen LogP contribution in [0.4, 0.5) is 0 Å². The second-order valence-electron chi connectivity index (χ2n) is 6.50. The van der Waals surface area contributed by atoms with Crippen LogP contribution in [0.1, 0.15) is 21.6 Å². The first-order valence-corrected chi connectivity index (χ1v) is 8.83. The van der Waals surface area contributed by atoms with E-state index in [1.807, 2.05) is 42.5 Å². The van der Waals surface area contributed by atoms with Crippen molar-refractivity contribution >= 4 is 22.8 Å². The lowest BCUT2D eigenvalue weighted by Crippen LogP contribution is -2.38. The van der Waals surface area contributed by atoms with Crippen molar-refractivity contribution in [3.63, 3.8) is 0 Å². The van der Waals surface area contributed by atoms with Crippen LogP contribution >= 0.6 is 0 Å². The maximum atomic E-state index is 12.6. The monoisotopic (exact) mass is 364 g/mol. The number of benzene rings is 2. The number of esters is 1. The molecule has 1 N–H and O–H groups in total. The first-order valence-electron chi connectivity index (χ1n) is 8.83. The number of aromatic nitrogens is 1. The van der Waals surface area contributed by atoms with Crippen LogP contribution in [0.25, 0.3) is 10.9 Å². The lowest BCUT2D eigenvalue weighted by atomic mass is 10.0. The second kappa shape index (κ2) is 7.15. The van der Waals surface area contributed by atoms with Gasteiger partial charge in [-0.05, 0) is 30.3 Å². The van der Waals surface area contributed by atoms with Gasteiger partial charge in [0.1, 0.15) is 5.75 Å². The van der Waals surface area contributed by atoms with Crippen molar-refractivity contribution in [2.45, 2.75) is 13.0 Å². The summed E-state index contributed by atoms with van der Waals surface area (Å²) in [5.41, 5.74) is 3.63. The molecular weight excluding hydrogens is 344 g/mol. The highest BCUT2D eigenvalue weighted by Crippen LogP contribution is 2.29. The Hall–Kier alpha value is -3.28. The summed E-state index contributed by atoms with van der Waals surface area (Å²) in [5, 5.41) is 0.953. The number of fused-ring (bicyclic) bond motifs is 3. The van der Waals surface area contributed by atoms with Crippen LogP contribution in [-0.2, 0) is 22.5 Å². The van der Waals surface area contributed by atoms with Crippen LogP contribution in [0.5, 0.6) is 5.75 Å². The molecule has 1 aliphatic rings. The minimum Gasteiger partial charge on any atom is -0.484 e. The molecule has 0 unspecified atom stereocenters. The lowest BCUT2D eigenvalue weighted by Gasteiger charge is -2.27. The fraction of sp³-hybridized carbons (Fsp3) is 0.238. The fourth-order valence-corrected chi connectivity index (χ4v) is 3.42. The van der Waals surface area contributed by atoms with E-state index in [-0.39, 0.29) is 18.5 Å². The van der Waals surface area contributed by atoms with E-state index in [0.717, 1.165) is 28.6 Å². The molecule has 138 valence electrons. The molecule has 0 atom stereocenters. The smallest absolute Gasteiger partial charge is 0.337 e. The Morgan fingerprint density at radius 2 is 1.96 bits per heavy atom. The van der Waals surface area contributed by atoms with E-state index < -0.39 is 0 Å². The van der Waals surface area contributed by atoms with Gasteiger partial charge in [-0.15, -0.1) is 0 Å². The second-order valence-corrected chi connectivity index (χ2v) is 6.50. The number of hydrogen-bond acceptors (Lipinski definition) is 4. The summed E-state index contributed by atoms with van der Waals surface area (Å²) in [6.07, 6.45) is 0.745. The predicted octanol–water partition coefficient (Wildman–Crippen LogP) is 2.92. The summed E-state index contributed by atoms with van der Waals surface area (Å²) in [7, 11) is 1.37. The van der Waals surface area contributed by atoms with E-state index in [1.54, 1.807) is 11.0 Å². The average molecular weight is 364 g/mol. The summed E-state index contributed by atoms with van der Waals surface area (Å²) < 4.78 is 10.4. The van der Waals surface area contributed by atoms with Crippen molar-refractivity contribution in [3.8, 4) is 5.75 Å². The molecule has 6 nitrogen and oxygen atoms in total. The van der Waals surface area contributed by atoms with Crippen molar-refractivity contribution in [1.82, 2.24) is 9.88 Å².